The molecule has 1 aliphatic rings. The number of nitrogens with one attached hydrogen (secondary N) is 2. The predicted molar refractivity (Wildman–Crippen MR) is 96.6 cm³/mol. The van der Waals surface area contributed by atoms with Gasteiger partial charge in [-0.2, -0.15) is 0 Å². The number of carbonyl (C=O) groups is 2. The van der Waals surface area contributed by atoms with Gasteiger partial charge in [0.15, 0.2) is 0 Å². The number of ether oxygens (including phenoxy) is 2. The molecule has 2 rings (SSSR count). The minimum absolute atomic E-state index is 0.0374. The molecule has 2 amide bonds. The average molecular weight is 365 g/mol. The number of benzene rings is 1. The maximum atomic E-state index is 12.1. The number of carbonyl (C=O) groups excluding carboxylic acids is 1. The highest BCUT2D eigenvalue weighted by molar-refractivity contribution is 5.74. The third-order valence-electron chi connectivity index (χ3n) is 4.64. The Morgan fingerprint density at radius 3 is 2.58 bits per heavy atom. The zero-order valence-corrected chi connectivity index (χ0v) is 15.4. The molecule has 0 aromatic heterocycles. The molecule has 8 nitrogen and oxygen atoms in total. The van der Waals surface area contributed by atoms with Crippen LogP contribution in [0.3, 0.4) is 0 Å². The summed E-state index contributed by atoms with van der Waals surface area (Å²) >= 11 is 0. The Morgan fingerprint density at radius 2 is 2.00 bits per heavy atom. The number of hydrogen-bond acceptors (Lipinski definition) is 5. The first-order valence-corrected chi connectivity index (χ1v) is 8.67. The van der Waals surface area contributed by atoms with Crippen LogP contribution in [0, 0.1) is 0 Å². The van der Waals surface area contributed by atoms with Crippen LogP contribution in [-0.4, -0.2) is 61.4 Å². The number of carboxylic acid groups (broad SMARTS) is 1. The lowest BCUT2D eigenvalue weighted by molar-refractivity contribution is -0.139. The van der Waals surface area contributed by atoms with Crippen molar-refractivity contribution < 1.29 is 24.2 Å². The number of carboxylic acids is 1. The van der Waals surface area contributed by atoms with Gasteiger partial charge in [-0.3, -0.25) is 9.69 Å². The Kier molecular flexibility index (Phi) is 7.08. The number of methoxy groups -OCH3 is 2. The number of rotatable bonds is 9. The smallest absolute Gasteiger partial charge is 0.317 e. The van der Waals surface area contributed by atoms with Gasteiger partial charge in [0.05, 0.1) is 20.8 Å². The second-order valence-electron chi connectivity index (χ2n) is 6.28. The van der Waals surface area contributed by atoms with Crippen molar-refractivity contribution in [1.82, 2.24) is 15.5 Å². The van der Waals surface area contributed by atoms with E-state index in [2.05, 4.69) is 10.6 Å². The summed E-state index contributed by atoms with van der Waals surface area (Å²) in [6.45, 7) is 2.99. The number of aliphatic carboxylic acids is 1. The maximum absolute atomic E-state index is 12.1. The molecule has 0 aliphatic heterocycles. The summed E-state index contributed by atoms with van der Waals surface area (Å²) in [7, 11) is 3.17. The van der Waals surface area contributed by atoms with E-state index in [1.807, 2.05) is 17.9 Å². The van der Waals surface area contributed by atoms with Crippen molar-refractivity contribution in [3.8, 4) is 11.5 Å². The average Bonchev–Trinajstić information content (AvgIpc) is 2.60. The van der Waals surface area contributed by atoms with E-state index < -0.39 is 5.97 Å². The number of amides is 2. The molecule has 0 bridgehead atoms. The standard InChI is InChI=1S/C18H27N3O5/c1-4-21(11-17(22)23)14-8-13(9-14)20-18(24)19-10-12-7-15(25-2)5-6-16(12)26-3/h5-7,13-14H,4,8-11H2,1-3H3,(H,22,23)(H2,19,20,24). The van der Waals surface area contributed by atoms with Gasteiger partial charge < -0.3 is 25.2 Å². The SMILES string of the molecule is CCN(CC(=O)O)C1CC(NC(=O)NCc2cc(OC)ccc2OC)C1. The second kappa shape index (κ2) is 9.28. The highest BCUT2D eigenvalue weighted by atomic mass is 16.5. The van der Waals surface area contributed by atoms with Crippen LogP contribution < -0.4 is 20.1 Å². The lowest BCUT2D eigenvalue weighted by Gasteiger charge is -2.42. The van der Waals surface area contributed by atoms with Crippen LogP contribution in [0.25, 0.3) is 0 Å². The summed E-state index contributed by atoms with van der Waals surface area (Å²) in [5.74, 6) is 0.554. The monoisotopic (exact) mass is 365 g/mol. The van der Waals surface area contributed by atoms with Crippen LogP contribution in [-0.2, 0) is 11.3 Å². The molecule has 1 fully saturated rings. The van der Waals surface area contributed by atoms with Gasteiger partial charge in [0.25, 0.3) is 0 Å². The summed E-state index contributed by atoms with van der Waals surface area (Å²) in [4.78, 5) is 24.9. The normalized spacial score (nSPS) is 18.8. The van der Waals surface area contributed by atoms with Gasteiger partial charge in [-0.25, -0.2) is 4.79 Å². The van der Waals surface area contributed by atoms with Crippen LogP contribution in [0.2, 0.25) is 0 Å². The summed E-state index contributed by atoms with van der Waals surface area (Å²) < 4.78 is 10.5. The molecule has 3 N–H and O–H groups in total. The number of nitrogens with zero attached hydrogens (tertiary/aromatic N) is 1. The molecule has 0 spiro atoms. The summed E-state index contributed by atoms with van der Waals surface area (Å²) in [6.07, 6.45) is 1.52. The minimum atomic E-state index is -0.826. The molecule has 0 radical (unpaired) electrons. The first kappa shape index (κ1) is 19.8. The minimum Gasteiger partial charge on any atom is -0.497 e. The fraction of sp³-hybridized carbons (Fsp3) is 0.556. The van der Waals surface area contributed by atoms with E-state index in [-0.39, 0.29) is 24.7 Å². The van der Waals surface area contributed by atoms with Crippen LogP contribution in [0.1, 0.15) is 25.3 Å². The van der Waals surface area contributed by atoms with Crippen LogP contribution in [0.15, 0.2) is 18.2 Å². The predicted octanol–water partition coefficient (Wildman–Crippen LogP) is 1.44. The van der Waals surface area contributed by atoms with E-state index in [0.717, 1.165) is 18.4 Å². The number of hydrogen-bond donors (Lipinski definition) is 3. The molecular formula is C18H27N3O5. The van der Waals surface area contributed by atoms with Crippen molar-refractivity contribution in [3.05, 3.63) is 23.8 Å². The Bertz CT molecular complexity index is 631. The van der Waals surface area contributed by atoms with Crippen molar-refractivity contribution >= 4 is 12.0 Å². The van der Waals surface area contributed by atoms with E-state index in [0.29, 0.717) is 24.6 Å². The Labute approximate surface area is 153 Å². The highest BCUT2D eigenvalue weighted by Gasteiger charge is 2.34. The Balaban J connectivity index is 1.78. The van der Waals surface area contributed by atoms with Gasteiger partial charge in [0, 0.05) is 24.2 Å². The van der Waals surface area contributed by atoms with Crippen molar-refractivity contribution in [1.29, 1.82) is 0 Å². The molecule has 0 atom stereocenters. The van der Waals surface area contributed by atoms with E-state index >= 15 is 0 Å². The summed E-state index contributed by atoms with van der Waals surface area (Å²) in [5, 5.41) is 14.7. The molecule has 8 heteroatoms. The zero-order valence-electron chi connectivity index (χ0n) is 15.4. The van der Waals surface area contributed by atoms with Crippen LogP contribution in [0.4, 0.5) is 4.79 Å². The van der Waals surface area contributed by atoms with Gasteiger partial charge >= 0.3 is 12.0 Å². The second-order valence-corrected chi connectivity index (χ2v) is 6.28. The third kappa shape index (κ3) is 5.26. The molecule has 1 aromatic rings. The van der Waals surface area contributed by atoms with Gasteiger partial charge in [-0.15, -0.1) is 0 Å². The summed E-state index contributed by atoms with van der Waals surface area (Å²) in [6, 6.07) is 5.44. The molecular weight excluding hydrogens is 338 g/mol. The van der Waals surface area contributed by atoms with E-state index in [1.165, 1.54) is 0 Å². The molecule has 0 unspecified atom stereocenters. The maximum Gasteiger partial charge on any atom is 0.317 e. The quantitative estimate of drug-likeness (QED) is 0.612. The molecule has 1 aliphatic carbocycles. The van der Waals surface area contributed by atoms with Crippen molar-refractivity contribution in [2.45, 2.75) is 38.4 Å². The van der Waals surface area contributed by atoms with Gasteiger partial charge in [-0.1, -0.05) is 6.92 Å². The first-order chi connectivity index (χ1) is 12.5. The van der Waals surface area contributed by atoms with Crippen molar-refractivity contribution in [3.63, 3.8) is 0 Å². The molecule has 0 heterocycles. The van der Waals surface area contributed by atoms with E-state index in [4.69, 9.17) is 14.6 Å². The highest BCUT2D eigenvalue weighted by Crippen LogP contribution is 2.26. The topological polar surface area (TPSA) is 100 Å². The van der Waals surface area contributed by atoms with Gasteiger partial charge in [0.1, 0.15) is 11.5 Å². The lowest BCUT2D eigenvalue weighted by atomic mass is 9.85. The zero-order chi connectivity index (χ0) is 19.1. The fourth-order valence-electron chi connectivity index (χ4n) is 3.11. The molecule has 26 heavy (non-hydrogen) atoms. The van der Waals surface area contributed by atoms with Crippen molar-refractivity contribution in [2.75, 3.05) is 27.3 Å². The largest absolute Gasteiger partial charge is 0.497 e. The van der Waals surface area contributed by atoms with Crippen molar-refractivity contribution in [2.24, 2.45) is 0 Å². The fourth-order valence-corrected chi connectivity index (χ4v) is 3.11. The number of urea groups is 1. The van der Waals surface area contributed by atoms with Gasteiger partial charge in [0.2, 0.25) is 0 Å². The summed E-state index contributed by atoms with van der Waals surface area (Å²) in [5.41, 5.74) is 0.826. The van der Waals surface area contributed by atoms with E-state index in [9.17, 15) is 9.59 Å². The van der Waals surface area contributed by atoms with Crippen LogP contribution in [0.5, 0.6) is 11.5 Å². The Hall–Kier alpha value is -2.48. The molecule has 1 aromatic carbocycles. The molecule has 144 valence electrons. The molecule has 0 saturated heterocycles. The first-order valence-electron chi connectivity index (χ1n) is 8.67. The van der Waals surface area contributed by atoms with Gasteiger partial charge in [-0.05, 0) is 37.6 Å². The number of likely N-dealkylation sites (N-methyl/N-ethyl adjacent to an activating group) is 1. The third-order valence-corrected chi connectivity index (χ3v) is 4.64. The van der Waals surface area contributed by atoms with Crippen LogP contribution >= 0.6 is 0 Å². The van der Waals surface area contributed by atoms with E-state index in [1.54, 1.807) is 26.4 Å². The Morgan fingerprint density at radius 1 is 1.27 bits per heavy atom. The lowest BCUT2D eigenvalue weighted by Crippen LogP contribution is -2.56. The molecule has 1 saturated carbocycles.